The molecule has 5 heteroatoms. The highest BCUT2D eigenvalue weighted by Crippen LogP contribution is 2.46. The number of hydrogen-bond acceptors (Lipinski definition) is 2. The molecule has 0 unspecified atom stereocenters. The average Bonchev–Trinajstić information content (AvgIpc) is 3.84. The molecule has 0 radical (unpaired) electrons. The van der Waals surface area contributed by atoms with Crippen LogP contribution in [0, 0.1) is 5.82 Å². The van der Waals surface area contributed by atoms with Gasteiger partial charge in [-0.2, -0.15) is 5.10 Å². The first-order chi connectivity index (χ1) is 21.1. The Balaban J connectivity index is 1.36. The van der Waals surface area contributed by atoms with Gasteiger partial charge in [-0.1, -0.05) is 115 Å². The zero-order valence-corrected chi connectivity index (χ0v) is 24.3. The monoisotopic (exact) mass is 578 g/mol. The Bertz CT molecular complexity index is 2110. The molecule has 2 aromatic heterocycles. The smallest absolute Gasteiger partial charge is 0.171 e. The van der Waals surface area contributed by atoms with Crippen LogP contribution in [0.1, 0.15) is 24.5 Å². The van der Waals surface area contributed by atoms with Gasteiger partial charge in [0.25, 0.3) is 0 Å². The second kappa shape index (κ2) is 10.2. The van der Waals surface area contributed by atoms with Crippen molar-refractivity contribution in [2.45, 2.75) is 18.8 Å². The van der Waals surface area contributed by atoms with Gasteiger partial charge in [0.1, 0.15) is 11.5 Å². The van der Waals surface area contributed by atoms with E-state index in [2.05, 4.69) is 22.7 Å². The molecule has 5 aromatic carbocycles. The number of hydrogen-bond donors (Lipinski definition) is 0. The van der Waals surface area contributed by atoms with Gasteiger partial charge in [-0.25, -0.2) is 8.91 Å². The lowest BCUT2D eigenvalue weighted by molar-refractivity contribution is 0.592. The molecular weight excluding hydrogens is 550 g/mol. The number of halogens is 1. The molecule has 208 valence electrons. The minimum atomic E-state index is -3.10. The summed E-state index contributed by atoms with van der Waals surface area (Å²) in [4.78, 5) is 0. The maximum absolute atomic E-state index is 14.9. The summed E-state index contributed by atoms with van der Waals surface area (Å²) in [5, 5.41) is 9.50. The minimum absolute atomic E-state index is 0.239. The van der Waals surface area contributed by atoms with Crippen LogP contribution >= 0.6 is 7.14 Å². The van der Waals surface area contributed by atoms with Crippen molar-refractivity contribution in [3.05, 3.63) is 151 Å². The van der Waals surface area contributed by atoms with Crippen LogP contribution in [0.25, 0.3) is 38.7 Å². The summed E-state index contributed by atoms with van der Waals surface area (Å²) in [6.07, 6.45) is 2.21. The molecule has 0 bridgehead atoms. The maximum Gasteiger partial charge on any atom is 0.171 e. The summed E-state index contributed by atoms with van der Waals surface area (Å²) in [5.74, 6) is 0.174. The Hall–Kier alpha value is -4.79. The first-order valence-electron chi connectivity index (χ1n) is 14.6. The topological polar surface area (TPSA) is 34.4 Å². The lowest BCUT2D eigenvalue weighted by atomic mass is 9.97. The minimum Gasteiger partial charge on any atom is -0.309 e. The maximum atomic E-state index is 14.9. The molecule has 3 nitrogen and oxygen atoms in total. The van der Waals surface area contributed by atoms with E-state index < -0.39 is 7.14 Å². The Morgan fingerprint density at radius 1 is 0.651 bits per heavy atom. The van der Waals surface area contributed by atoms with Crippen molar-refractivity contribution >= 4 is 39.3 Å². The van der Waals surface area contributed by atoms with Crippen LogP contribution in [0.5, 0.6) is 0 Å². The lowest BCUT2D eigenvalue weighted by Gasteiger charge is -2.20. The number of benzene rings is 5. The Morgan fingerprint density at radius 2 is 1.23 bits per heavy atom. The Labute approximate surface area is 249 Å². The second-order valence-corrected chi connectivity index (χ2v) is 14.0. The quantitative estimate of drug-likeness (QED) is 0.186. The molecular formula is C38H28FN2OP. The largest absolute Gasteiger partial charge is 0.309 e. The van der Waals surface area contributed by atoms with Crippen molar-refractivity contribution in [1.29, 1.82) is 0 Å². The predicted molar refractivity (Wildman–Crippen MR) is 175 cm³/mol. The molecule has 1 saturated carbocycles. The molecule has 7 aromatic rings. The van der Waals surface area contributed by atoms with Gasteiger partial charge in [-0.05, 0) is 48.1 Å². The fourth-order valence-electron chi connectivity index (χ4n) is 6.25. The van der Waals surface area contributed by atoms with Crippen LogP contribution in [0.4, 0.5) is 4.39 Å². The molecule has 0 spiro atoms. The highest BCUT2D eigenvalue weighted by atomic mass is 31.2. The van der Waals surface area contributed by atoms with E-state index in [1.54, 1.807) is 6.07 Å². The Morgan fingerprint density at radius 3 is 1.84 bits per heavy atom. The van der Waals surface area contributed by atoms with E-state index in [1.807, 2.05) is 109 Å². The molecule has 1 fully saturated rings. The van der Waals surface area contributed by atoms with Crippen LogP contribution in [-0.4, -0.2) is 9.61 Å². The van der Waals surface area contributed by atoms with Gasteiger partial charge in [0.15, 0.2) is 7.14 Å². The van der Waals surface area contributed by atoms with Gasteiger partial charge < -0.3 is 4.57 Å². The zero-order chi connectivity index (χ0) is 29.0. The van der Waals surface area contributed by atoms with E-state index in [-0.39, 0.29) is 5.82 Å². The summed E-state index contributed by atoms with van der Waals surface area (Å²) in [6.45, 7) is 0. The molecule has 0 aliphatic heterocycles. The van der Waals surface area contributed by atoms with Crippen molar-refractivity contribution in [2.24, 2.45) is 0 Å². The first-order valence-corrected chi connectivity index (χ1v) is 16.3. The van der Waals surface area contributed by atoms with E-state index in [1.165, 1.54) is 6.07 Å². The second-order valence-electron chi connectivity index (χ2n) is 11.3. The number of aromatic nitrogens is 2. The molecule has 0 atom stereocenters. The highest BCUT2D eigenvalue weighted by molar-refractivity contribution is 7.85. The number of nitrogens with zero attached hydrogens (tertiary/aromatic N) is 2. The van der Waals surface area contributed by atoms with Gasteiger partial charge in [-0.3, -0.25) is 0 Å². The highest BCUT2D eigenvalue weighted by Gasteiger charge is 2.31. The third-order valence-electron chi connectivity index (χ3n) is 8.50. The normalized spacial score (nSPS) is 13.5. The van der Waals surface area contributed by atoms with Crippen molar-refractivity contribution in [3.8, 4) is 22.4 Å². The number of pyridine rings is 1. The van der Waals surface area contributed by atoms with E-state index in [9.17, 15) is 8.96 Å². The SMILES string of the molecule is O=P(c1ccccc1)(c1ccccc1)c1ccc(-c2nn3c(C4CC4)cc4cc(F)ccc4c3c2-c2ccccc2)cc1. The third kappa shape index (κ3) is 4.33. The van der Waals surface area contributed by atoms with Gasteiger partial charge >= 0.3 is 0 Å². The average molecular weight is 579 g/mol. The summed E-state index contributed by atoms with van der Waals surface area (Å²) in [5.41, 5.74) is 5.97. The van der Waals surface area contributed by atoms with Crippen LogP contribution in [0.3, 0.4) is 0 Å². The molecule has 0 amide bonds. The van der Waals surface area contributed by atoms with Crippen molar-refractivity contribution in [1.82, 2.24) is 9.61 Å². The van der Waals surface area contributed by atoms with Gasteiger partial charge in [-0.15, -0.1) is 0 Å². The van der Waals surface area contributed by atoms with E-state index in [4.69, 9.17) is 5.10 Å². The van der Waals surface area contributed by atoms with Crippen LogP contribution < -0.4 is 15.9 Å². The third-order valence-corrected chi connectivity index (χ3v) is 11.6. The zero-order valence-electron chi connectivity index (χ0n) is 23.4. The molecule has 1 aliphatic carbocycles. The van der Waals surface area contributed by atoms with Crippen LogP contribution in [-0.2, 0) is 4.57 Å². The fraction of sp³-hybridized carbons (Fsp3) is 0.0789. The molecule has 43 heavy (non-hydrogen) atoms. The summed E-state index contributed by atoms with van der Waals surface area (Å²) < 4.78 is 31.4. The molecule has 0 N–H and O–H groups in total. The Kier molecular flexibility index (Phi) is 6.13. The standard InChI is InChI=1S/C38H28FN2OP/c39-30-20-23-34-29(24-30)25-35(26-16-17-26)41-38(34)36(27-10-4-1-5-11-27)37(40-41)28-18-21-33(22-19-28)43(42,31-12-6-2-7-13-31)32-14-8-3-9-15-32/h1-15,18-26H,16-17H2. The summed E-state index contributed by atoms with van der Waals surface area (Å²) in [7, 11) is -3.10. The van der Waals surface area contributed by atoms with E-state index in [0.717, 1.165) is 73.1 Å². The van der Waals surface area contributed by atoms with Gasteiger partial charge in [0.2, 0.25) is 0 Å². The number of fused-ring (bicyclic) bond motifs is 3. The summed E-state index contributed by atoms with van der Waals surface area (Å²) in [6, 6.07) is 44.9. The van der Waals surface area contributed by atoms with Crippen molar-refractivity contribution < 1.29 is 8.96 Å². The van der Waals surface area contributed by atoms with Crippen molar-refractivity contribution in [3.63, 3.8) is 0 Å². The fourth-order valence-corrected chi connectivity index (χ4v) is 8.89. The van der Waals surface area contributed by atoms with Crippen LogP contribution in [0.15, 0.2) is 140 Å². The molecule has 0 saturated heterocycles. The van der Waals surface area contributed by atoms with Crippen molar-refractivity contribution in [2.75, 3.05) is 0 Å². The van der Waals surface area contributed by atoms with Gasteiger partial charge in [0, 0.05) is 44.0 Å². The van der Waals surface area contributed by atoms with E-state index >= 15 is 0 Å². The summed E-state index contributed by atoms with van der Waals surface area (Å²) >= 11 is 0. The predicted octanol–water partition coefficient (Wildman–Crippen LogP) is 8.48. The molecule has 1 aliphatic rings. The first kappa shape index (κ1) is 25.9. The number of rotatable bonds is 6. The van der Waals surface area contributed by atoms with Crippen LogP contribution in [0.2, 0.25) is 0 Å². The lowest BCUT2D eigenvalue weighted by Crippen LogP contribution is -2.24. The molecule has 8 rings (SSSR count). The molecule has 2 heterocycles. The van der Waals surface area contributed by atoms with Gasteiger partial charge in [0.05, 0.1) is 5.52 Å². The van der Waals surface area contributed by atoms with E-state index in [0.29, 0.717) is 5.92 Å².